The van der Waals surface area contributed by atoms with Crippen molar-refractivity contribution in [1.29, 1.82) is 0 Å². The first-order valence-corrected chi connectivity index (χ1v) is 6.95. The number of rotatable bonds is 4. The third-order valence-electron chi connectivity index (χ3n) is 0.574. The van der Waals surface area contributed by atoms with Crippen LogP contribution >= 0.6 is 17.1 Å². The summed E-state index contributed by atoms with van der Waals surface area (Å²) in [6.45, 7) is 4.13. The molecule has 0 aliphatic heterocycles. The van der Waals surface area contributed by atoms with Crippen LogP contribution in [0.1, 0.15) is 13.8 Å². The van der Waals surface area contributed by atoms with Gasteiger partial charge in [-0.25, -0.2) is 0 Å². The van der Waals surface area contributed by atoms with Crippen molar-refractivity contribution in [2.24, 2.45) is 0 Å². The molecule has 0 aromatic carbocycles. The molecular weight excluding hydrogens is 370 g/mol. The van der Waals surface area contributed by atoms with Crippen molar-refractivity contribution in [3.05, 3.63) is 0 Å². The minimum absolute atomic E-state index is 0. The summed E-state index contributed by atoms with van der Waals surface area (Å²) in [5.41, 5.74) is -2.69. The average Bonchev–Trinajstić information content (AvgIpc) is 1.64. The Kier molecular flexibility index (Phi) is 10.3. The molecule has 0 rings (SSSR count). The molecule has 0 heterocycles. The van der Waals surface area contributed by atoms with Gasteiger partial charge in [-0.2, -0.15) is 0 Å². The summed E-state index contributed by atoms with van der Waals surface area (Å²) in [6, 6.07) is 0. The molecule has 0 saturated carbocycles. The third kappa shape index (κ3) is 7.71. The van der Waals surface area contributed by atoms with Crippen molar-refractivity contribution in [2.75, 3.05) is 12.4 Å². The molecule has 1 unspecified atom stereocenters. The second-order valence-electron chi connectivity index (χ2n) is 1.28. The van der Waals surface area contributed by atoms with E-state index < -0.39 is 5.69 Å². The molecule has 0 bridgehead atoms. The van der Waals surface area contributed by atoms with Crippen LogP contribution in [0.25, 0.3) is 0 Å². The third-order valence-corrected chi connectivity index (χ3v) is 5.03. The largest absolute Gasteiger partial charge is 0.793 e. The average molecular weight is 380 g/mol. The molecule has 0 aromatic heterocycles. The smallest absolute Gasteiger partial charge is 0.0485 e. The van der Waals surface area contributed by atoms with Gasteiger partial charge in [0.05, 0.1) is 0 Å². The molecule has 0 saturated heterocycles. The predicted octanol–water partition coefficient (Wildman–Crippen LogP) is 1.36. The van der Waals surface area contributed by atoms with E-state index in [-0.39, 0.29) is 21.1 Å². The van der Waals surface area contributed by atoms with Crippen molar-refractivity contribution in [2.45, 2.75) is 13.8 Å². The van der Waals surface area contributed by atoms with Crippen LogP contribution in [0.4, 0.5) is 0 Å². The van der Waals surface area contributed by atoms with E-state index in [1.807, 2.05) is 6.92 Å². The maximum atomic E-state index is 11.0. The van der Waals surface area contributed by atoms with Crippen molar-refractivity contribution < 1.29 is 30.5 Å². The van der Waals surface area contributed by atoms with Crippen molar-refractivity contribution in [1.82, 2.24) is 0 Å². The van der Waals surface area contributed by atoms with E-state index in [1.165, 1.54) is 11.4 Å². The van der Waals surface area contributed by atoms with Crippen LogP contribution in [-0.4, -0.2) is 12.4 Å². The predicted molar refractivity (Wildman–Crippen MR) is 44.0 cm³/mol. The minimum atomic E-state index is -2.69. The van der Waals surface area contributed by atoms with Gasteiger partial charge in [-0.05, 0) is 12.7 Å². The van der Waals surface area contributed by atoms with Crippen LogP contribution < -0.4 is 4.89 Å². The van der Waals surface area contributed by atoms with Gasteiger partial charge in [-0.15, -0.1) is 11.4 Å². The van der Waals surface area contributed by atoms with Crippen LogP contribution in [-0.2, 0) is 37.4 Å². The quantitative estimate of drug-likeness (QED) is 0.690. The first-order valence-electron chi connectivity index (χ1n) is 2.72. The maximum absolute atomic E-state index is 11.0. The molecule has 0 amide bonds. The molecule has 0 radical (unpaired) electrons. The zero-order valence-corrected chi connectivity index (χ0v) is 10.6. The fourth-order valence-corrected chi connectivity index (χ4v) is 3.81. The Balaban J connectivity index is 0. The molecule has 10 heavy (non-hydrogen) atoms. The minimum Gasteiger partial charge on any atom is -0.793 e. The summed E-state index contributed by atoms with van der Waals surface area (Å²) in [4.78, 5) is 11.0. The first-order chi connectivity index (χ1) is 4.12. The Morgan fingerprint density at radius 2 is 2.10 bits per heavy atom. The van der Waals surface area contributed by atoms with Crippen LogP contribution in [0.2, 0.25) is 0 Å². The summed E-state index contributed by atoms with van der Waals surface area (Å²) < 4.78 is 4.80. The van der Waals surface area contributed by atoms with Crippen molar-refractivity contribution in [3.8, 4) is 0 Å². The van der Waals surface area contributed by atoms with Crippen LogP contribution in [0.15, 0.2) is 0 Å². The topological polar surface area (TPSA) is 32.3 Å². The molecule has 0 aliphatic carbocycles. The van der Waals surface area contributed by atoms with E-state index in [9.17, 15) is 4.89 Å². The Labute approximate surface area is 85.3 Å². The molecule has 0 spiro atoms. The zero-order chi connectivity index (χ0) is 7.33. The summed E-state index contributed by atoms with van der Waals surface area (Å²) in [6.07, 6.45) is 0. The second-order valence-corrected chi connectivity index (χ2v) is 7.62. The second kappa shape index (κ2) is 7.27. The van der Waals surface area contributed by atoms with Gasteiger partial charge >= 0.3 is 0 Å². The van der Waals surface area contributed by atoms with E-state index in [2.05, 4.69) is 11.8 Å². The van der Waals surface area contributed by atoms with Crippen LogP contribution in [0.3, 0.4) is 0 Å². The summed E-state index contributed by atoms with van der Waals surface area (Å²) >= 11 is 5.84. The Morgan fingerprint density at radius 1 is 1.60 bits per heavy atom. The molecule has 6 heteroatoms. The molecule has 0 aliphatic rings. The summed E-state index contributed by atoms with van der Waals surface area (Å²) in [7, 11) is 0. The van der Waals surface area contributed by atoms with Gasteiger partial charge in [0.15, 0.2) is 0 Å². The monoisotopic (exact) mass is 380 g/mol. The number of hydrogen-bond acceptors (Lipinski definition) is 4. The Bertz CT molecular complexity index is 112. The fourth-order valence-electron chi connectivity index (χ4n) is 0.353. The van der Waals surface area contributed by atoms with Gasteiger partial charge < -0.3 is 9.42 Å². The zero-order valence-electron chi connectivity index (χ0n) is 5.81. The fraction of sp³-hybridized carbons (Fsp3) is 1.00. The molecule has 1 atom stereocenters. The van der Waals surface area contributed by atoms with E-state index in [1.54, 1.807) is 6.92 Å². The van der Waals surface area contributed by atoms with Gasteiger partial charge in [-0.3, -0.25) is 0 Å². The maximum Gasteiger partial charge on any atom is 0.0485 e. The van der Waals surface area contributed by atoms with Crippen LogP contribution in [0, 0.1) is 0 Å². The number of hydrogen-bond donors (Lipinski definition) is 0. The van der Waals surface area contributed by atoms with Crippen LogP contribution in [0.5, 0.6) is 0 Å². The van der Waals surface area contributed by atoms with E-state index in [0.29, 0.717) is 6.61 Å². The SMILES string of the molecule is CCOP([O-])(=S)SCC.[Pt]. The summed E-state index contributed by atoms with van der Waals surface area (Å²) in [5.74, 6) is 0.751. The van der Waals surface area contributed by atoms with Gasteiger partial charge in [0.2, 0.25) is 0 Å². The van der Waals surface area contributed by atoms with Gasteiger partial charge in [0.1, 0.15) is 0 Å². The molecule has 66 valence electrons. The Hall–Kier alpha value is 1.61. The van der Waals surface area contributed by atoms with E-state index >= 15 is 0 Å². The molecular formula is C4H10O2PPtS2-. The first kappa shape index (κ1) is 14.2. The standard InChI is InChI=1S/C4H11O2PS2.Pt/c1-3-6-7(5,8)9-4-2;/h3-4H2,1-2H3,(H,5,8);/p-1. The van der Waals surface area contributed by atoms with E-state index in [4.69, 9.17) is 4.52 Å². The van der Waals surface area contributed by atoms with Gasteiger partial charge in [0.25, 0.3) is 0 Å². The van der Waals surface area contributed by atoms with E-state index in [0.717, 1.165) is 5.75 Å². The van der Waals surface area contributed by atoms with Gasteiger partial charge in [0, 0.05) is 33.4 Å². The van der Waals surface area contributed by atoms with Crippen molar-refractivity contribution >= 4 is 28.9 Å². The molecule has 0 fully saturated rings. The normalized spacial score (nSPS) is 15.5. The van der Waals surface area contributed by atoms with Gasteiger partial charge in [-0.1, -0.05) is 18.7 Å². The Morgan fingerprint density at radius 3 is 2.40 bits per heavy atom. The molecule has 0 N–H and O–H groups in total. The summed E-state index contributed by atoms with van der Waals surface area (Å²) in [5, 5.41) is 0. The molecule has 0 aromatic rings. The molecule has 2 nitrogen and oxygen atoms in total. The van der Waals surface area contributed by atoms with Crippen molar-refractivity contribution in [3.63, 3.8) is 0 Å².